The monoisotopic (exact) mass is 377 g/mol. The van der Waals surface area contributed by atoms with Crippen LogP contribution >= 0.6 is 0 Å². The molecule has 0 aromatic rings. The highest BCUT2D eigenvalue weighted by Crippen LogP contribution is 2.36. The van der Waals surface area contributed by atoms with Gasteiger partial charge in [-0.3, -0.25) is 19.4 Å². The maximum atomic E-state index is 12.9. The number of piperazine rings is 1. The molecule has 4 aliphatic rings. The van der Waals surface area contributed by atoms with Crippen molar-refractivity contribution in [3.05, 3.63) is 0 Å². The highest BCUT2D eigenvalue weighted by atomic mass is 16.2. The van der Waals surface area contributed by atoms with Crippen molar-refractivity contribution in [2.45, 2.75) is 50.6 Å². The molecule has 1 unspecified atom stereocenters. The van der Waals surface area contributed by atoms with E-state index in [1.165, 1.54) is 0 Å². The van der Waals surface area contributed by atoms with Gasteiger partial charge in [0.25, 0.3) is 5.91 Å². The molecule has 4 rings (SSSR count). The molecule has 150 valence electrons. The van der Waals surface area contributed by atoms with E-state index in [-0.39, 0.29) is 18.4 Å². The summed E-state index contributed by atoms with van der Waals surface area (Å²) in [5.41, 5.74) is -0.766. The molecule has 1 spiro atoms. The van der Waals surface area contributed by atoms with Crippen LogP contribution in [0.4, 0.5) is 4.79 Å². The van der Waals surface area contributed by atoms with Crippen LogP contribution in [0.5, 0.6) is 0 Å². The van der Waals surface area contributed by atoms with E-state index in [4.69, 9.17) is 0 Å². The number of rotatable bonds is 3. The van der Waals surface area contributed by atoms with Crippen LogP contribution in [0, 0.1) is 5.92 Å². The highest BCUT2D eigenvalue weighted by molar-refractivity contribution is 6.09. The van der Waals surface area contributed by atoms with Crippen molar-refractivity contribution < 1.29 is 14.4 Å². The average Bonchev–Trinajstić information content (AvgIpc) is 3.25. The van der Waals surface area contributed by atoms with E-state index in [2.05, 4.69) is 22.5 Å². The molecule has 8 heteroatoms. The summed E-state index contributed by atoms with van der Waals surface area (Å²) in [4.78, 5) is 43.5. The first kappa shape index (κ1) is 18.7. The Hall–Kier alpha value is -1.67. The highest BCUT2D eigenvalue weighted by Gasteiger charge is 2.52. The molecule has 0 radical (unpaired) electrons. The summed E-state index contributed by atoms with van der Waals surface area (Å²) in [7, 11) is 0. The molecule has 0 bridgehead atoms. The minimum atomic E-state index is -0.766. The van der Waals surface area contributed by atoms with Gasteiger partial charge in [0.05, 0.1) is 0 Å². The zero-order valence-corrected chi connectivity index (χ0v) is 16.2. The minimum Gasteiger partial charge on any atom is -0.340 e. The van der Waals surface area contributed by atoms with Crippen molar-refractivity contribution in [1.29, 1.82) is 0 Å². The first-order chi connectivity index (χ1) is 13.0. The molecule has 0 aromatic carbocycles. The van der Waals surface area contributed by atoms with Gasteiger partial charge in [-0.05, 0) is 38.0 Å². The first-order valence-electron chi connectivity index (χ1n) is 10.4. The van der Waals surface area contributed by atoms with E-state index >= 15 is 0 Å². The Balaban J connectivity index is 1.34. The SMILES string of the molecule is CC1CCC2(CC1)NC(=O)N(CC(=O)N1CCC(N3CCNCC3)C1)C2=O. The van der Waals surface area contributed by atoms with E-state index in [1.54, 1.807) is 0 Å². The number of nitrogens with zero attached hydrogens (tertiary/aromatic N) is 3. The fraction of sp³-hybridized carbons (Fsp3) is 0.842. The molecular weight excluding hydrogens is 346 g/mol. The number of nitrogens with one attached hydrogen (secondary N) is 2. The smallest absolute Gasteiger partial charge is 0.325 e. The molecule has 0 aromatic heterocycles. The summed E-state index contributed by atoms with van der Waals surface area (Å²) in [6.45, 7) is 7.47. The van der Waals surface area contributed by atoms with Gasteiger partial charge in [-0.2, -0.15) is 0 Å². The van der Waals surface area contributed by atoms with Crippen LogP contribution in [0.3, 0.4) is 0 Å². The number of amides is 4. The number of carbonyl (C=O) groups is 3. The Morgan fingerprint density at radius 3 is 2.52 bits per heavy atom. The predicted octanol–water partition coefficient (Wildman–Crippen LogP) is -0.00680. The third-order valence-corrected chi connectivity index (χ3v) is 6.85. The molecule has 3 saturated heterocycles. The van der Waals surface area contributed by atoms with E-state index in [1.807, 2.05) is 4.90 Å². The predicted molar refractivity (Wildman–Crippen MR) is 100 cm³/mol. The van der Waals surface area contributed by atoms with Gasteiger partial charge >= 0.3 is 6.03 Å². The number of imide groups is 1. The Morgan fingerprint density at radius 1 is 1.11 bits per heavy atom. The van der Waals surface area contributed by atoms with Crippen LogP contribution in [0.25, 0.3) is 0 Å². The second-order valence-electron chi connectivity index (χ2n) is 8.65. The molecule has 3 aliphatic heterocycles. The molecule has 4 fully saturated rings. The average molecular weight is 377 g/mol. The Kier molecular flexibility index (Phi) is 5.11. The van der Waals surface area contributed by atoms with Gasteiger partial charge < -0.3 is 15.5 Å². The fourth-order valence-electron chi connectivity index (χ4n) is 4.96. The van der Waals surface area contributed by atoms with Crippen molar-refractivity contribution in [3.63, 3.8) is 0 Å². The zero-order chi connectivity index (χ0) is 19.0. The molecule has 8 nitrogen and oxygen atoms in total. The largest absolute Gasteiger partial charge is 0.340 e. The minimum absolute atomic E-state index is 0.114. The van der Waals surface area contributed by atoms with Gasteiger partial charge in [-0.1, -0.05) is 6.92 Å². The number of hydrogen-bond acceptors (Lipinski definition) is 5. The molecule has 27 heavy (non-hydrogen) atoms. The van der Waals surface area contributed by atoms with Crippen LogP contribution in [0.1, 0.15) is 39.0 Å². The molecular formula is C19H31N5O3. The summed E-state index contributed by atoms with van der Waals surface area (Å²) in [5, 5.41) is 6.25. The van der Waals surface area contributed by atoms with E-state index < -0.39 is 11.6 Å². The Bertz CT molecular complexity index is 610. The maximum absolute atomic E-state index is 12.9. The third-order valence-electron chi connectivity index (χ3n) is 6.85. The molecule has 3 heterocycles. The molecule has 1 aliphatic carbocycles. The molecule has 1 atom stereocenters. The number of urea groups is 1. The Labute approximate surface area is 160 Å². The van der Waals surface area contributed by atoms with Gasteiger partial charge in [-0.25, -0.2) is 4.79 Å². The van der Waals surface area contributed by atoms with Crippen molar-refractivity contribution in [2.24, 2.45) is 5.92 Å². The van der Waals surface area contributed by atoms with Crippen LogP contribution < -0.4 is 10.6 Å². The zero-order valence-electron chi connectivity index (χ0n) is 16.2. The van der Waals surface area contributed by atoms with Crippen molar-refractivity contribution in [1.82, 2.24) is 25.3 Å². The van der Waals surface area contributed by atoms with Gasteiger partial charge in [0.1, 0.15) is 12.1 Å². The van der Waals surface area contributed by atoms with Crippen molar-refractivity contribution in [3.8, 4) is 0 Å². The molecule has 2 N–H and O–H groups in total. The third kappa shape index (κ3) is 3.57. The van der Waals surface area contributed by atoms with Crippen LogP contribution in [-0.2, 0) is 9.59 Å². The van der Waals surface area contributed by atoms with Crippen molar-refractivity contribution in [2.75, 3.05) is 45.8 Å². The normalized spacial score (nSPS) is 35.1. The summed E-state index contributed by atoms with van der Waals surface area (Å²) in [5.74, 6) is 0.269. The van der Waals surface area contributed by atoms with Gasteiger partial charge in [0.2, 0.25) is 5.91 Å². The standard InChI is InChI=1S/C19H31N5O3/c1-14-2-5-19(6-3-14)17(26)24(18(27)21-19)13-16(25)23-9-4-15(12-23)22-10-7-20-8-11-22/h14-15,20H,2-13H2,1H3,(H,21,27). The lowest BCUT2D eigenvalue weighted by molar-refractivity contribution is -0.139. The molecule has 4 amide bonds. The van der Waals surface area contributed by atoms with Crippen LogP contribution in [0.2, 0.25) is 0 Å². The fourth-order valence-corrected chi connectivity index (χ4v) is 4.96. The van der Waals surface area contributed by atoms with E-state index in [0.717, 1.165) is 50.3 Å². The summed E-state index contributed by atoms with van der Waals surface area (Å²) < 4.78 is 0. The summed E-state index contributed by atoms with van der Waals surface area (Å²) >= 11 is 0. The maximum Gasteiger partial charge on any atom is 0.325 e. The topological polar surface area (TPSA) is 85.0 Å². The van der Waals surface area contributed by atoms with Gasteiger partial charge in [-0.15, -0.1) is 0 Å². The number of likely N-dealkylation sites (tertiary alicyclic amines) is 1. The lowest BCUT2D eigenvalue weighted by Crippen LogP contribution is -2.50. The quantitative estimate of drug-likeness (QED) is 0.676. The Morgan fingerprint density at radius 2 is 1.81 bits per heavy atom. The lowest BCUT2D eigenvalue weighted by Gasteiger charge is -2.33. The van der Waals surface area contributed by atoms with Gasteiger partial charge in [0.15, 0.2) is 0 Å². The first-order valence-corrected chi connectivity index (χ1v) is 10.4. The summed E-state index contributed by atoms with van der Waals surface area (Å²) in [6.07, 6.45) is 4.20. The van der Waals surface area contributed by atoms with Gasteiger partial charge in [0, 0.05) is 45.3 Å². The van der Waals surface area contributed by atoms with E-state index in [9.17, 15) is 14.4 Å². The number of carbonyl (C=O) groups excluding carboxylic acids is 3. The second kappa shape index (κ2) is 7.39. The molecule has 1 saturated carbocycles. The van der Waals surface area contributed by atoms with Crippen molar-refractivity contribution >= 4 is 17.8 Å². The van der Waals surface area contributed by atoms with Crippen LogP contribution in [0.15, 0.2) is 0 Å². The van der Waals surface area contributed by atoms with E-state index in [0.29, 0.717) is 37.9 Å². The summed E-state index contributed by atoms with van der Waals surface area (Å²) in [6, 6.07) is -0.00825. The lowest BCUT2D eigenvalue weighted by atomic mass is 9.77. The van der Waals surface area contributed by atoms with Crippen LogP contribution in [-0.4, -0.2) is 89.9 Å². The number of hydrogen-bond donors (Lipinski definition) is 2. The second-order valence-corrected chi connectivity index (χ2v) is 8.65.